The maximum Gasteiger partial charge on any atom is 0.420 e. The minimum Gasteiger partial charge on any atom is -0.443 e. The fraction of sp³-hybridized carbons (Fsp3) is 0.600. The van der Waals surface area contributed by atoms with Crippen molar-refractivity contribution >= 4 is 31.6 Å². The van der Waals surface area contributed by atoms with E-state index in [0.29, 0.717) is 25.6 Å². The van der Waals surface area contributed by atoms with E-state index in [1.54, 1.807) is 4.90 Å². The molecule has 7 nitrogen and oxygen atoms in total. The van der Waals surface area contributed by atoms with Crippen LogP contribution >= 0.6 is 0 Å². The number of aryl methyl sites for hydroxylation is 1. The predicted molar refractivity (Wildman–Crippen MR) is 158 cm³/mol. The number of carbonyl (C=O) groups is 1. The summed E-state index contributed by atoms with van der Waals surface area (Å²) in [4.78, 5) is 22.4. The Hall–Kier alpha value is -2.42. The average Bonchev–Trinajstić information content (AvgIpc) is 2.81. The van der Waals surface area contributed by atoms with Crippen molar-refractivity contribution in [1.82, 2.24) is 4.98 Å². The lowest BCUT2D eigenvalue weighted by Crippen LogP contribution is -2.40. The van der Waals surface area contributed by atoms with E-state index in [0.717, 1.165) is 46.7 Å². The standard InChI is InChI=1S/C30H47N3O4Si/c1-21-19-31-27(23(3)22(21)2)33(28(34)37-29(4,5)6)26-17-24(20-36-38(10,11)30(7,8)9)16-25(18-26)32-12-14-35-15-13-32/h16-19H,12-15,20H2,1-11H3. The van der Waals surface area contributed by atoms with E-state index in [2.05, 4.69) is 57.8 Å². The fourth-order valence-corrected chi connectivity index (χ4v) is 4.98. The number of hydrogen-bond donors (Lipinski definition) is 0. The van der Waals surface area contributed by atoms with Gasteiger partial charge in [0.1, 0.15) is 11.4 Å². The van der Waals surface area contributed by atoms with Crippen LogP contribution in [-0.4, -0.2) is 51.3 Å². The summed E-state index contributed by atoms with van der Waals surface area (Å²) < 4.78 is 18.1. The number of morpholine rings is 1. The second kappa shape index (κ2) is 11.4. The molecule has 2 heterocycles. The second-order valence-electron chi connectivity index (χ2n) is 12.8. The molecular weight excluding hydrogens is 494 g/mol. The third-order valence-electron chi connectivity index (χ3n) is 7.66. The summed E-state index contributed by atoms with van der Waals surface area (Å²) in [5.74, 6) is 0.581. The van der Waals surface area contributed by atoms with Crippen LogP contribution < -0.4 is 9.80 Å². The highest BCUT2D eigenvalue weighted by molar-refractivity contribution is 6.74. The summed E-state index contributed by atoms with van der Waals surface area (Å²) >= 11 is 0. The molecule has 8 heteroatoms. The molecule has 1 aromatic carbocycles. The molecule has 0 atom stereocenters. The summed E-state index contributed by atoms with van der Waals surface area (Å²) in [5, 5.41) is 0.0979. The van der Waals surface area contributed by atoms with Gasteiger partial charge in [0, 0.05) is 25.0 Å². The molecule has 0 N–H and O–H groups in total. The van der Waals surface area contributed by atoms with Crippen molar-refractivity contribution in [2.45, 2.75) is 92.7 Å². The van der Waals surface area contributed by atoms with Crippen LogP contribution in [0.25, 0.3) is 0 Å². The SMILES string of the molecule is Cc1cnc(N(C(=O)OC(C)(C)C)c2cc(CO[Si](C)(C)C(C)(C)C)cc(N3CCOCC3)c2)c(C)c1C. The lowest BCUT2D eigenvalue weighted by molar-refractivity contribution is 0.0598. The van der Waals surface area contributed by atoms with Gasteiger partial charge in [-0.3, -0.25) is 0 Å². The highest BCUT2D eigenvalue weighted by Crippen LogP contribution is 2.38. The number of ether oxygens (including phenoxy) is 2. The Kier molecular flexibility index (Phi) is 9.01. The van der Waals surface area contributed by atoms with Crippen molar-refractivity contribution in [2.24, 2.45) is 0 Å². The maximum atomic E-state index is 13.8. The normalized spacial score (nSPS) is 15.0. The number of nitrogens with zero attached hydrogens (tertiary/aromatic N) is 3. The highest BCUT2D eigenvalue weighted by Gasteiger charge is 2.37. The molecule has 2 aromatic rings. The Labute approximate surface area is 230 Å². The molecule has 1 aromatic heterocycles. The first-order valence-corrected chi connectivity index (χ1v) is 16.5. The number of carbonyl (C=O) groups excluding carboxylic acids is 1. The van der Waals surface area contributed by atoms with E-state index < -0.39 is 20.0 Å². The van der Waals surface area contributed by atoms with Gasteiger partial charge in [0.25, 0.3) is 0 Å². The van der Waals surface area contributed by atoms with Gasteiger partial charge in [-0.15, -0.1) is 0 Å². The van der Waals surface area contributed by atoms with E-state index in [-0.39, 0.29) is 5.04 Å². The summed E-state index contributed by atoms with van der Waals surface area (Å²) in [6.07, 6.45) is 1.37. The first-order valence-electron chi connectivity index (χ1n) is 13.6. The van der Waals surface area contributed by atoms with E-state index in [4.69, 9.17) is 18.9 Å². The summed E-state index contributed by atoms with van der Waals surface area (Å²) in [6.45, 7) is 26.4. The Morgan fingerprint density at radius 2 is 1.66 bits per heavy atom. The molecule has 38 heavy (non-hydrogen) atoms. The van der Waals surface area contributed by atoms with Crippen LogP contribution in [0.4, 0.5) is 22.0 Å². The Morgan fingerprint density at radius 3 is 2.24 bits per heavy atom. The fourth-order valence-electron chi connectivity index (χ4n) is 4.02. The number of aromatic nitrogens is 1. The second-order valence-corrected chi connectivity index (χ2v) is 17.6. The molecular formula is C30H47N3O4Si. The number of pyridine rings is 1. The Bertz CT molecular complexity index is 1150. The van der Waals surface area contributed by atoms with Gasteiger partial charge in [-0.1, -0.05) is 20.8 Å². The topological polar surface area (TPSA) is 64.1 Å². The minimum absolute atomic E-state index is 0.0979. The quantitative estimate of drug-likeness (QED) is 0.354. The predicted octanol–water partition coefficient (Wildman–Crippen LogP) is 7.44. The molecule has 3 rings (SSSR count). The first kappa shape index (κ1) is 30.1. The van der Waals surface area contributed by atoms with Gasteiger partial charge < -0.3 is 18.8 Å². The van der Waals surface area contributed by atoms with Crippen LogP contribution in [0.5, 0.6) is 0 Å². The number of anilines is 3. The summed E-state index contributed by atoms with van der Waals surface area (Å²) in [7, 11) is -1.98. The zero-order valence-corrected chi connectivity index (χ0v) is 26.3. The van der Waals surface area contributed by atoms with Gasteiger partial charge >= 0.3 is 6.09 Å². The van der Waals surface area contributed by atoms with E-state index in [1.807, 2.05) is 46.9 Å². The molecule has 0 saturated carbocycles. The molecule has 1 fully saturated rings. The van der Waals surface area contributed by atoms with Crippen molar-refractivity contribution in [2.75, 3.05) is 36.1 Å². The van der Waals surface area contributed by atoms with Crippen molar-refractivity contribution in [3.63, 3.8) is 0 Å². The first-order chi connectivity index (χ1) is 17.5. The molecule has 0 bridgehead atoms. The van der Waals surface area contributed by atoms with Crippen molar-refractivity contribution < 1.29 is 18.7 Å². The largest absolute Gasteiger partial charge is 0.443 e. The van der Waals surface area contributed by atoms with Crippen LogP contribution in [-0.2, 0) is 20.5 Å². The van der Waals surface area contributed by atoms with Crippen LogP contribution in [0.1, 0.15) is 63.8 Å². The van der Waals surface area contributed by atoms with Gasteiger partial charge in [0.15, 0.2) is 8.32 Å². The van der Waals surface area contributed by atoms with Crippen LogP contribution in [0.15, 0.2) is 24.4 Å². The molecule has 0 aliphatic carbocycles. The Morgan fingerprint density at radius 1 is 1.03 bits per heavy atom. The average molecular weight is 542 g/mol. The molecule has 1 amide bonds. The van der Waals surface area contributed by atoms with Crippen molar-refractivity contribution in [3.05, 3.63) is 46.6 Å². The molecule has 0 radical (unpaired) electrons. The monoisotopic (exact) mass is 541 g/mol. The third kappa shape index (κ3) is 7.15. The zero-order chi connectivity index (χ0) is 28.5. The number of hydrogen-bond acceptors (Lipinski definition) is 6. The minimum atomic E-state index is -1.98. The van der Waals surface area contributed by atoms with Crippen LogP contribution in [0.2, 0.25) is 18.1 Å². The van der Waals surface area contributed by atoms with Gasteiger partial charge in [-0.2, -0.15) is 0 Å². The lowest BCUT2D eigenvalue weighted by atomic mass is 10.1. The maximum absolute atomic E-state index is 13.8. The van der Waals surface area contributed by atoms with Gasteiger partial charge in [-0.05, 0) is 100 Å². The highest BCUT2D eigenvalue weighted by atomic mass is 28.4. The van der Waals surface area contributed by atoms with Crippen molar-refractivity contribution in [1.29, 1.82) is 0 Å². The number of amides is 1. The molecule has 1 aliphatic rings. The number of benzene rings is 1. The Balaban J connectivity index is 2.15. The third-order valence-corrected chi connectivity index (χ3v) is 12.1. The van der Waals surface area contributed by atoms with Crippen LogP contribution in [0.3, 0.4) is 0 Å². The number of rotatable bonds is 6. The van der Waals surface area contributed by atoms with Gasteiger partial charge in [0.2, 0.25) is 0 Å². The summed E-state index contributed by atoms with van der Waals surface area (Å²) in [6, 6.07) is 6.27. The molecule has 1 saturated heterocycles. The van der Waals surface area contributed by atoms with E-state index in [1.165, 1.54) is 0 Å². The van der Waals surface area contributed by atoms with E-state index in [9.17, 15) is 4.79 Å². The zero-order valence-electron chi connectivity index (χ0n) is 25.3. The lowest BCUT2D eigenvalue weighted by Gasteiger charge is -2.36. The molecule has 0 spiro atoms. The van der Waals surface area contributed by atoms with Gasteiger partial charge in [-0.25, -0.2) is 14.7 Å². The molecule has 210 valence electrons. The van der Waals surface area contributed by atoms with E-state index >= 15 is 0 Å². The van der Waals surface area contributed by atoms with Crippen molar-refractivity contribution in [3.8, 4) is 0 Å². The summed E-state index contributed by atoms with van der Waals surface area (Å²) in [5.41, 5.74) is 5.26. The molecule has 1 aliphatic heterocycles. The smallest absolute Gasteiger partial charge is 0.420 e. The van der Waals surface area contributed by atoms with Crippen LogP contribution in [0, 0.1) is 20.8 Å². The van der Waals surface area contributed by atoms with Gasteiger partial charge in [0.05, 0.1) is 25.5 Å². The molecule has 0 unspecified atom stereocenters.